The molecular formula is C16H16O4S. The summed E-state index contributed by atoms with van der Waals surface area (Å²) in [5, 5.41) is 0. The lowest BCUT2D eigenvalue weighted by Gasteiger charge is -2.12. The largest absolute Gasteiger partial charge is 0.490 e. The van der Waals surface area contributed by atoms with Crippen LogP contribution in [0.1, 0.15) is 5.56 Å². The summed E-state index contributed by atoms with van der Waals surface area (Å²) in [6, 6.07) is 13.5. The summed E-state index contributed by atoms with van der Waals surface area (Å²) in [7, 11) is -3.53. The Bertz CT molecular complexity index is 734. The van der Waals surface area contributed by atoms with E-state index < -0.39 is 9.84 Å². The summed E-state index contributed by atoms with van der Waals surface area (Å²) in [5.41, 5.74) is 0.627. The Kier molecular flexibility index (Phi) is 3.69. The highest BCUT2D eigenvalue weighted by Crippen LogP contribution is 2.30. The highest BCUT2D eigenvalue weighted by Gasteiger charge is 2.25. The molecule has 0 amide bonds. The Morgan fingerprint density at radius 2 is 1.86 bits per heavy atom. The zero-order chi connectivity index (χ0) is 14.9. The molecule has 1 saturated heterocycles. The van der Waals surface area contributed by atoms with Gasteiger partial charge in [0.15, 0.2) is 0 Å². The summed E-state index contributed by atoms with van der Waals surface area (Å²) in [6.45, 7) is 2.93. The molecular weight excluding hydrogens is 288 g/mol. The van der Waals surface area contributed by atoms with Crippen molar-refractivity contribution in [3.8, 4) is 5.75 Å². The van der Waals surface area contributed by atoms with E-state index >= 15 is 0 Å². The third-order valence-electron chi connectivity index (χ3n) is 3.40. The van der Waals surface area contributed by atoms with Crippen LogP contribution in [-0.2, 0) is 14.6 Å². The van der Waals surface area contributed by atoms with Gasteiger partial charge in [0.25, 0.3) is 0 Å². The van der Waals surface area contributed by atoms with Gasteiger partial charge in [-0.25, -0.2) is 8.42 Å². The number of hydrogen-bond donors (Lipinski definition) is 0. The summed E-state index contributed by atoms with van der Waals surface area (Å²) in [5.74, 6) is 0.586. The Hall–Kier alpha value is -1.85. The first-order valence-electron chi connectivity index (χ1n) is 6.73. The van der Waals surface area contributed by atoms with Crippen molar-refractivity contribution < 1.29 is 17.9 Å². The molecule has 1 aliphatic heterocycles. The molecule has 0 aromatic heterocycles. The van der Waals surface area contributed by atoms with Gasteiger partial charge in [-0.15, -0.1) is 0 Å². The van der Waals surface area contributed by atoms with E-state index in [9.17, 15) is 8.42 Å². The van der Waals surface area contributed by atoms with E-state index in [0.717, 1.165) is 0 Å². The van der Waals surface area contributed by atoms with Crippen LogP contribution in [0, 0.1) is 6.92 Å². The monoisotopic (exact) mass is 304 g/mol. The van der Waals surface area contributed by atoms with Crippen LogP contribution in [-0.4, -0.2) is 27.7 Å². The minimum absolute atomic E-state index is 0.138. The zero-order valence-corrected chi connectivity index (χ0v) is 12.5. The molecule has 0 bridgehead atoms. The molecule has 110 valence electrons. The Morgan fingerprint density at radius 3 is 2.52 bits per heavy atom. The molecule has 0 saturated carbocycles. The molecule has 5 heteroatoms. The van der Waals surface area contributed by atoms with Gasteiger partial charge in [0, 0.05) is 5.56 Å². The van der Waals surface area contributed by atoms with Crippen molar-refractivity contribution in [2.45, 2.75) is 22.8 Å². The van der Waals surface area contributed by atoms with Gasteiger partial charge in [-0.1, -0.05) is 24.3 Å². The summed E-state index contributed by atoms with van der Waals surface area (Å²) >= 11 is 0. The molecule has 1 heterocycles. The van der Waals surface area contributed by atoms with Crippen molar-refractivity contribution in [2.75, 3.05) is 13.2 Å². The standard InChI is InChI=1S/C16H16O4S/c1-12-15(20-11-13-10-19-13)8-5-9-16(12)21(17,18)14-6-3-2-4-7-14/h2-9,13H,10-11H2,1H3. The molecule has 4 nitrogen and oxygen atoms in total. The quantitative estimate of drug-likeness (QED) is 0.797. The van der Waals surface area contributed by atoms with Crippen LogP contribution in [0.4, 0.5) is 0 Å². The van der Waals surface area contributed by atoms with Crippen molar-refractivity contribution in [1.29, 1.82) is 0 Å². The number of ether oxygens (including phenoxy) is 2. The lowest BCUT2D eigenvalue weighted by molar-refractivity contribution is 0.261. The second kappa shape index (κ2) is 5.50. The number of rotatable bonds is 5. The normalized spacial score (nSPS) is 17.5. The first-order chi connectivity index (χ1) is 10.1. The van der Waals surface area contributed by atoms with Crippen LogP contribution in [0.5, 0.6) is 5.75 Å². The molecule has 0 spiro atoms. The fourth-order valence-electron chi connectivity index (χ4n) is 2.12. The van der Waals surface area contributed by atoms with E-state index in [4.69, 9.17) is 9.47 Å². The fraction of sp³-hybridized carbons (Fsp3) is 0.250. The van der Waals surface area contributed by atoms with E-state index in [2.05, 4.69) is 0 Å². The van der Waals surface area contributed by atoms with Gasteiger partial charge < -0.3 is 9.47 Å². The lowest BCUT2D eigenvalue weighted by Crippen LogP contribution is -2.08. The van der Waals surface area contributed by atoms with Crippen molar-refractivity contribution in [3.05, 3.63) is 54.1 Å². The van der Waals surface area contributed by atoms with Gasteiger partial charge in [-0.2, -0.15) is 0 Å². The van der Waals surface area contributed by atoms with E-state index in [-0.39, 0.29) is 15.9 Å². The highest BCUT2D eigenvalue weighted by molar-refractivity contribution is 7.91. The predicted molar refractivity (Wildman–Crippen MR) is 78.3 cm³/mol. The number of sulfone groups is 1. The molecule has 0 radical (unpaired) electrons. The third kappa shape index (κ3) is 2.94. The van der Waals surface area contributed by atoms with Gasteiger partial charge >= 0.3 is 0 Å². The number of epoxide rings is 1. The van der Waals surface area contributed by atoms with Crippen molar-refractivity contribution in [2.24, 2.45) is 0 Å². The Labute approximate surface area is 124 Å². The van der Waals surface area contributed by atoms with Gasteiger partial charge in [0.2, 0.25) is 9.84 Å². The maximum atomic E-state index is 12.7. The number of benzene rings is 2. The fourth-order valence-corrected chi connectivity index (χ4v) is 3.65. The second-order valence-corrected chi connectivity index (χ2v) is 6.88. The predicted octanol–water partition coefficient (Wildman–Crippen LogP) is 2.61. The zero-order valence-electron chi connectivity index (χ0n) is 11.7. The van der Waals surface area contributed by atoms with Crippen molar-refractivity contribution in [1.82, 2.24) is 0 Å². The molecule has 3 rings (SSSR count). The average molecular weight is 304 g/mol. The molecule has 1 fully saturated rings. The summed E-state index contributed by atoms with van der Waals surface area (Å²) in [4.78, 5) is 0.568. The van der Waals surface area contributed by atoms with E-state index in [0.29, 0.717) is 24.5 Å². The maximum Gasteiger partial charge on any atom is 0.206 e. The summed E-state index contributed by atoms with van der Waals surface area (Å²) < 4.78 is 36.1. The van der Waals surface area contributed by atoms with Gasteiger partial charge in [0.05, 0.1) is 16.4 Å². The van der Waals surface area contributed by atoms with E-state index in [1.807, 2.05) is 0 Å². The topological polar surface area (TPSA) is 55.9 Å². The first kappa shape index (κ1) is 14.1. The van der Waals surface area contributed by atoms with Gasteiger partial charge in [0.1, 0.15) is 18.5 Å². The van der Waals surface area contributed by atoms with Crippen LogP contribution in [0.15, 0.2) is 58.3 Å². The lowest BCUT2D eigenvalue weighted by atomic mass is 10.2. The molecule has 1 aliphatic rings. The first-order valence-corrected chi connectivity index (χ1v) is 8.21. The average Bonchev–Trinajstić information content (AvgIpc) is 3.31. The molecule has 0 N–H and O–H groups in total. The maximum absolute atomic E-state index is 12.7. The summed E-state index contributed by atoms with van der Waals surface area (Å²) in [6.07, 6.45) is 0.138. The Balaban J connectivity index is 1.96. The van der Waals surface area contributed by atoms with Crippen LogP contribution in [0.3, 0.4) is 0 Å². The van der Waals surface area contributed by atoms with Crippen LogP contribution in [0.25, 0.3) is 0 Å². The van der Waals surface area contributed by atoms with Gasteiger partial charge in [-0.05, 0) is 31.2 Å². The molecule has 1 atom stereocenters. The highest BCUT2D eigenvalue weighted by atomic mass is 32.2. The van der Waals surface area contributed by atoms with Crippen molar-refractivity contribution >= 4 is 9.84 Å². The van der Waals surface area contributed by atoms with Crippen LogP contribution >= 0.6 is 0 Å². The third-order valence-corrected chi connectivity index (χ3v) is 5.32. The molecule has 0 aliphatic carbocycles. The smallest absolute Gasteiger partial charge is 0.206 e. The van der Waals surface area contributed by atoms with Gasteiger partial charge in [-0.3, -0.25) is 0 Å². The molecule has 2 aromatic carbocycles. The molecule has 1 unspecified atom stereocenters. The van der Waals surface area contributed by atoms with Crippen molar-refractivity contribution in [3.63, 3.8) is 0 Å². The molecule has 2 aromatic rings. The van der Waals surface area contributed by atoms with Crippen LogP contribution in [0.2, 0.25) is 0 Å². The Morgan fingerprint density at radius 1 is 1.14 bits per heavy atom. The van der Waals surface area contributed by atoms with E-state index in [1.54, 1.807) is 55.5 Å². The minimum Gasteiger partial charge on any atom is -0.490 e. The number of hydrogen-bond acceptors (Lipinski definition) is 4. The minimum atomic E-state index is -3.53. The second-order valence-electron chi connectivity index (χ2n) is 4.96. The molecule has 21 heavy (non-hydrogen) atoms. The SMILES string of the molecule is Cc1c(OCC2CO2)cccc1S(=O)(=O)c1ccccc1. The van der Waals surface area contributed by atoms with Crippen LogP contribution < -0.4 is 4.74 Å². The van der Waals surface area contributed by atoms with E-state index in [1.165, 1.54) is 0 Å².